The lowest BCUT2D eigenvalue weighted by Crippen LogP contribution is -2.23. The molecule has 0 saturated carbocycles. The Morgan fingerprint density at radius 2 is 2.06 bits per heavy atom. The first-order chi connectivity index (χ1) is 8.10. The lowest BCUT2D eigenvalue weighted by molar-refractivity contribution is 0.283. The Balaban J connectivity index is 2.74. The van der Waals surface area contributed by atoms with Gasteiger partial charge in [-0.05, 0) is 6.07 Å². The Bertz CT molecular complexity index is 631. The van der Waals surface area contributed by atoms with E-state index in [9.17, 15) is 13.5 Å². The van der Waals surface area contributed by atoms with Crippen LogP contribution in [0.3, 0.4) is 0 Å². The highest BCUT2D eigenvalue weighted by atomic mass is 32.2. The summed E-state index contributed by atoms with van der Waals surface area (Å²) in [7, 11) is -3.54. The van der Waals surface area contributed by atoms with E-state index in [1.54, 1.807) is 19.1 Å². The van der Waals surface area contributed by atoms with E-state index < -0.39 is 10.0 Å². The summed E-state index contributed by atoms with van der Waals surface area (Å²) in [5.74, 6) is 0. The SMILES string of the molecule is CCNS(=O)(=O)c1c(CO)sc2ccccc12. The zero-order chi connectivity index (χ0) is 12.5. The summed E-state index contributed by atoms with van der Waals surface area (Å²) in [5.41, 5.74) is 0. The Labute approximate surface area is 104 Å². The molecule has 17 heavy (non-hydrogen) atoms. The molecule has 6 heteroatoms. The molecule has 1 aromatic carbocycles. The first-order valence-electron chi connectivity index (χ1n) is 5.21. The van der Waals surface area contributed by atoms with Crippen molar-refractivity contribution >= 4 is 31.4 Å². The normalized spacial score (nSPS) is 12.1. The number of hydrogen-bond acceptors (Lipinski definition) is 4. The lowest BCUT2D eigenvalue weighted by atomic mass is 10.2. The molecule has 4 nitrogen and oxygen atoms in total. The summed E-state index contributed by atoms with van der Waals surface area (Å²) in [6, 6.07) is 7.25. The van der Waals surface area contributed by atoms with Crippen LogP contribution >= 0.6 is 11.3 Å². The Hall–Kier alpha value is -0.950. The predicted molar refractivity (Wildman–Crippen MR) is 68.6 cm³/mol. The molecule has 92 valence electrons. The van der Waals surface area contributed by atoms with E-state index in [1.807, 2.05) is 12.1 Å². The third-order valence-electron chi connectivity index (χ3n) is 2.36. The number of thiophene rings is 1. The van der Waals surface area contributed by atoms with Gasteiger partial charge in [-0.2, -0.15) is 0 Å². The summed E-state index contributed by atoms with van der Waals surface area (Å²) in [5, 5.41) is 9.94. The van der Waals surface area contributed by atoms with Gasteiger partial charge in [0.1, 0.15) is 4.90 Å². The molecule has 2 aromatic rings. The molecular weight excluding hydrogens is 258 g/mol. The van der Waals surface area contributed by atoms with Crippen molar-refractivity contribution in [3.05, 3.63) is 29.1 Å². The van der Waals surface area contributed by atoms with Crippen LogP contribution in [0.5, 0.6) is 0 Å². The molecule has 0 spiro atoms. The standard InChI is InChI=1S/C11H13NO3S2/c1-2-12-17(14,15)11-8-5-3-4-6-9(8)16-10(11)7-13/h3-6,12-13H,2,7H2,1H3. The fourth-order valence-corrected chi connectivity index (χ4v) is 4.57. The number of aliphatic hydroxyl groups excluding tert-OH is 1. The number of sulfonamides is 1. The minimum absolute atomic E-state index is 0.211. The van der Waals surface area contributed by atoms with Gasteiger partial charge >= 0.3 is 0 Å². The molecule has 2 rings (SSSR count). The van der Waals surface area contributed by atoms with E-state index in [0.717, 1.165) is 4.70 Å². The molecule has 0 atom stereocenters. The largest absolute Gasteiger partial charge is 0.391 e. The predicted octanol–water partition coefficient (Wildman–Crippen LogP) is 1.69. The lowest BCUT2D eigenvalue weighted by Gasteiger charge is -2.05. The van der Waals surface area contributed by atoms with Crippen molar-refractivity contribution < 1.29 is 13.5 Å². The van der Waals surface area contributed by atoms with Crippen LogP contribution < -0.4 is 4.72 Å². The summed E-state index contributed by atoms with van der Waals surface area (Å²) in [4.78, 5) is 0.689. The quantitative estimate of drug-likeness (QED) is 0.889. The zero-order valence-corrected chi connectivity index (χ0v) is 10.9. The van der Waals surface area contributed by atoms with Crippen LogP contribution in [-0.4, -0.2) is 20.1 Å². The third kappa shape index (κ3) is 2.21. The minimum atomic E-state index is -3.54. The monoisotopic (exact) mass is 271 g/mol. The molecule has 0 bridgehead atoms. The van der Waals surface area contributed by atoms with Crippen LogP contribution in [0.4, 0.5) is 0 Å². The second-order valence-electron chi connectivity index (χ2n) is 3.51. The van der Waals surface area contributed by atoms with Crippen molar-refractivity contribution in [2.45, 2.75) is 18.4 Å². The van der Waals surface area contributed by atoms with Crippen molar-refractivity contribution in [3.63, 3.8) is 0 Å². The average molecular weight is 271 g/mol. The molecule has 1 heterocycles. The minimum Gasteiger partial charge on any atom is -0.391 e. The van der Waals surface area contributed by atoms with E-state index in [0.29, 0.717) is 16.8 Å². The van der Waals surface area contributed by atoms with Gasteiger partial charge in [0, 0.05) is 16.6 Å². The second kappa shape index (κ2) is 4.73. The smallest absolute Gasteiger partial charge is 0.242 e. The number of fused-ring (bicyclic) bond motifs is 1. The number of rotatable bonds is 4. The van der Waals surface area contributed by atoms with Crippen LogP contribution in [0.2, 0.25) is 0 Å². The van der Waals surface area contributed by atoms with E-state index in [2.05, 4.69) is 4.72 Å². The summed E-state index contributed by atoms with van der Waals surface area (Å²) in [6.45, 7) is 1.79. The van der Waals surface area contributed by atoms with Gasteiger partial charge in [0.2, 0.25) is 10.0 Å². The van der Waals surface area contributed by atoms with E-state index in [-0.39, 0.29) is 11.5 Å². The van der Waals surface area contributed by atoms with Gasteiger partial charge < -0.3 is 5.11 Å². The van der Waals surface area contributed by atoms with Crippen LogP contribution in [-0.2, 0) is 16.6 Å². The van der Waals surface area contributed by atoms with E-state index in [4.69, 9.17) is 0 Å². The second-order valence-corrected chi connectivity index (χ2v) is 6.35. The summed E-state index contributed by atoms with van der Waals surface area (Å²) >= 11 is 1.31. The molecule has 0 aliphatic heterocycles. The Morgan fingerprint density at radius 3 is 2.71 bits per heavy atom. The maximum atomic E-state index is 12.1. The summed E-state index contributed by atoms with van der Waals surface area (Å²) in [6.07, 6.45) is 0. The zero-order valence-electron chi connectivity index (χ0n) is 9.30. The third-order valence-corrected chi connectivity index (χ3v) is 5.32. The first kappa shape index (κ1) is 12.5. The maximum absolute atomic E-state index is 12.1. The number of benzene rings is 1. The first-order valence-corrected chi connectivity index (χ1v) is 7.51. The molecular formula is C11H13NO3S2. The maximum Gasteiger partial charge on any atom is 0.242 e. The Kier molecular flexibility index (Phi) is 3.48. The fourth-order valence-electron chi connectivity index (χ4n) is 1.73. The highest BCUT2D eigenvalue weighted by molar-refractivity contribution is 7.90. The van der Waals surface area contributed by atoms with Gasteiger partial charge in [-0.3, -0.25) is 0 Å². The van der Waals surface area contributed by atoms with Crippen LogP contribution in [0, 0.1) is 0 Å². The van der Waals surface area contributed by atoms with Crippen molar-refractivity contribution in [2.75, 3.05) is 6.54 Å². The van der Waals surface area contributed by atoms with Gasteiger partial charge in [0.25, 0.3) is 0 Å². The van der Waals surface area contributed by atoms with Gasteiger partial charge in [-0.1, -0.05) is 25.1 Å². The molecule has 0 amide bonds. The molecule has 1 aromatic heterocycles. The van der Waals surface area contributed by atoms with Gasteiger partial charge in [0.05, 0.1) is 11.5 Å². The van der Waals surface area contributed by atoms with Crippen molar-refractivity contribution in [2.24, 2.45) is 0 Å². The molecule has 0 unspecified atom stereocenters. The molecule has 0 fully saturated rings. The number of aliphatic hydroxyl groups is 1. The molecule has 2 N–H and O–H groups in total. The molecule has 0 saturated heterocycles. The molecule has 0 aliphatic carbocycles. The van der Waals surface area contributed by atoms with Gasteiger partial charge in [0.15, 0.2) is 0 Å². The van der Waals surface area contributed by atoms with Gasteiger partial charge in [-0.25, -0.2) is 13.1 Å². The summed E-state index contributed by atoms with van der Waals surface area (Å²) < 4.78 is 27.5. The average Bonchev–Trinajstić information content (AvgIpc) is 2.67. The Morgan fingerprint density at radius 1 is 1.35 bits per heavy atom. The highest BCUT2D eigenvalue weighted by Gasteiger charge is 2.23. The van der Waals surface area contributed by atoms with E-state index in [1.165, 1.54) is 11.3 Å². The fraction of sp³-hybridized carbons (Fsp3) is 0.273. The highest BCUT2D eigenvalue weighted by Crippen LogP contribution is 2.34. The van der Waals surface area contributed by atoms with Crippen molar-refractivity contribution in [1.82, 2.24) is 4.72 Å². The van der Waals surface area contributed by atoms with E-state index >= 15 is 0 Å². The number of nitrogens with one attached hydrogen (secondary N) is 1. The van der Waals surface area contributed by atoms with Crippen molar-refractivity contribution in [1.29, 1.82) is 0 Å². The molecule has 0 radical (unpaired) electrons. The van der Waals surface area contributed by atoms with Crippen molar-refractivity contribution in [3.8, 4) is 0 Å². The van der Waals surface area contributed by atoms with Crippen LogP contribution in [0.25, 0.3) is 10.1 Å². The van der Waals surface area contributed by atoms with Gasteiger partial charge in [-0.15, -0.1) is 11.3 Å². The molecule has 0 aliphatic rings. The topological polar surface area (TPSA) is 66.4 Å². The number of hydrogen-bond donors (Lipinski definition) is 2. The van der Waals surface area contributed by atoms with Crippen LogP contribution in [0.1, 0.15) is 11.8 Å². The van der Waals surface area contributed by atoms with Crippen LogP contribution in [0.15, 0.2) is 29.2 Å².